The Kier molecular flexibility index (Phi) is 5.67. The number of hydrogen-bond donors (Lipinski definition) is 1. The van der Waals surface area contributed by atoms with Gasteiger partial charge >= 0.3 is 0 Å². The van der Waals surface area contributed by atoms with Crippen LogP contribution in [-0.2, 0) is 11.2 Å². The Morgan fingerprint density at radius 3 is 2.36 bits per heavy atom. The summed E-state index contributed by atoms with van der Waals surface area (Å²) in [6.45, 7) is 7.67. The molecule has 0 saturated heterocycles. The van der Waals surface area contributed by atoms with Crippen LogP contribution >= 0.6 is 0 Å². The van der Waals surface area contributed by atoms with Crippen LogP contribution in [0.1, 0.15) is 33.3 Å². The van der Waals surface area contributed by atoms with E-state index in [9.17, 15) is 4.79 Å². The third-order valence-electron chi connectivity index (χ3n) is 3.93. The molecule has 0 spiro atoms. The minimum atomic E-state index is -0.481. The van der Waals surface area contributed by atoms with Crippen molar-refractivity contribution in [2.75, 3.05) is 19.5 Å². The topological polar surface area (TPSA) is 60.5 Å². The second-order valence-electron chi connectivity index (χ2n) is 6.83. The van der Waals surface area contributed by atoms with Gasteiger partial charge < -0.3 is 14.8 Å². The molecule has 1 heterocycles. The van der Waals surface area contributed by atoms with Crippen molar-refractivity contribution in [1.29, 1.82) is 0 Å². The number of carbonyl (C=O) groups is 1. The normalized spacial score (nSPS) is 11.1. The molecule has 2 aromatic rings. The fourth-order valence-corrected chi connectivity index (χ4v) is 2.40. The maximum Gasteiger partial charge on any atom is 0.230 e. The molecule has 5 nitrogen and oxygen atoms in total. The van der Waals surface area contributed by atoms with E-state index in [1.807, 2.05) is 45.0 Å². The summed E-state index contributed by atoms with van der Waals surface area (Å²) in [4.78, 5) is 16.8. The average Bonchev–Trinajstić information content (AvgIpc) is 2.59. The van der Waals surface area contributed by atoms with Crippen LogP contribution in [0.3, 0.4) is 0 Å². The van der Waals surface area contributed by atoms with Crippen LogP contribution < -0.4 is 14.8 Å². The molecule has 1 aromatic carbocycles. The number of nitrogens with one attached hydrogen (secondary N) is 1. The lowest BCUT2D eigenvalue weighted by molar-refractivity contribution is -0.123. The molecular formula is C20H26N2O3. The number of carbonyl (C=O) groups excluding carboxylic acids is 1. The van der Waals surface area contributed by atoms with Gasteiger partial charge in [0, 0.05) is 17.0 Å². The maximum atomic E-state index is 12.2. The highest BCUT2D eigenvalue weighted by atomic mass is 16.5. The Labute approximate surface area is 149 Å². The zero-order valence-corrected chi connectivity index (χ0v) is 15.8. The molecule has 0 fully saturated rings. The van der Waals surface area contributed by atoms with E-state index in [1.165, 1.54) is 0 Å². The first-order valence-electron chi connectivity index (χ1n) is 8.34. The van der Waals surface area contributed by atoms with Gasteiger partial charge in [-0.1, -0.05) is 33.8 Å². The number of anilines is 1. The first-order chi connectivity index (χ1) is 11.8. The van der Waals surface area contributed by atoms with Gasteiger partial charge in [0.05, 0.1) is 19.9 Å². The van der Waals surface area contributed by atoms with Crippen LogP contribution in [0, 0.1) is 5.41 Å². The highest BCUT2D eigenvalue weighted by Gasteiger charge is 2.22. The Balaban J connectivity index is 2.45. The Bertz CT molecular complexity index is 764. The number of benzene rings is 1. The van der Waals surface area contributed by atoms with E-state index in [0.29, 0.717) is 11.6 Å². The lowest BCUT2D eigenvalue weighted by Crippen LogP contribution is -2.28. The Hall–Kier alpha value is -2.56. The van der Waals surface area contributed by atoms with Crippen LogP contribution in [0.25, 0.3) is 11.3 Å². The molecular weight excluding hydrogens is 316 g/mol. The molecule has 0 aliphatic carbocycles. The summed E-state index contributed by atoms with van der Waals surface area (Å²) in [6.07, 6.45) is 0.834. The van der Waals surface area contributed by atoms with Crippen LogP contribution in [0.5, 0.6) is 11.5 Å². The van der Waals surface area contributed by atoms with E-state index in [1.54, 1.807) is 20.3 Å². The number of hydrogen-bond acceptors (Lipinski definition) is 4. The van der Waals surface area contributed by atoms with E-state index < -0.39 is 5.41 Å². The number of aromatic nitrogens is 1. The summed E-state index contributed by atoms with van der Waals surface area (Å²) >= 11 is 0. The summed E-state index contributed by atoms with van der Waals surface area (Å²) in [7, 11) is 3.27. The van der Waals surface area contributed by atoms with Crippen molar-refractivity contribution in [3.63, 3.8) is 0 Å². The largest absolute Gasteiger partial charge is 0.496 e. The number of ether oxygens (including phenoxy) is 2. The van der Waals surface area contributed by atoms with Crippen molar-refractivity contribution in [3.05, 3.63) is 35.9 Å². The number of pyridine rings is 1. The highest BCUT2D eigenvalue weighted by Crippen LogP contribution is 2.36. The maximum absolute atomic E-state index is 12.2. The van der Waals surface area contributed by atoms with Crippen molar-refractivity contribution in [3.8, 4) is 22.8 Å². The van der Waals surface area contributed by atoms with Crippen LogP contribution in [0.2, 0.25) is 0 Å². The lowest BCUT2D eigenvalue weighted by atomic mass is 9.96. The smallest absolute Gasteiger partial charge is 0.230 e. The van der Waals surface area contributed by atoms with Gasteiger partial charge in [-0.3, -0.25) is 4.79 Å². The molecule has 0 saturated carbocycles. The molecule has 0 bridgehead atoms. The van der Waals surface area contributed by atoms with Crippen molar-refractivity contribution in [2.24, 2.45) is 5.41 Å². The molecule has 5 heteroatoms. The molecule has 2 rings (SSSR count). The first kappa shape index (κ1) is 18.8. The van der Waals surface area contributed by atoms with Crippen molar-refractivity contribution < 1.29 is 14.3 Å². The highest BCUT2D eigenvalue weighted by molar-refractivity contribution is 5.94. The predicted molar refractivity (Wildman–Crippen MR) is 100 cm³/mol. The minimum Gasteiger partial charge on any atom is -0.496 e. The predicted octanol–water partition coefficient (Wildman–Crippen LogP) is 4.31. The van der Waals surface area contributed by atoms with Gasteiger partial charge in [0.2, 0.25) is 5.91 Å². The standard InChI is InChI=1S/C20H26N2O3/c1-7-13-11-14(17(25-6)12-16(13)24-5)15-9-8-10-18(21-15)22-19(23)20(2,3)4/h8-12H,7H2,1-6H3,(H,21,22,23). The fourth-order valence-electron chi connectivity index (χ4n) is 2.40. The van der Waals surface area contributed by atoms with Gasteiger partial charge in [0.1, 0.15) is 17.3 Å². The molecule has 134 valence electrons. The molecule has 0 aliphatic rings. The van der Waals surface area contributed by atoms with E-state index in [4.69, 9.17) is 9.47 Å². The van der Waals surface area contributed by atoms with Crippen LogP contribution in [-0.4, -0.2) is 25.1 Å². The SMILES string of the molecule is CCc1cc(-c2cccc(NC(=O)C(C)(C)C)n2)c(OC)cc1OC. The molecule has 0 aliphatic heterocycles. The van der Waals surface area contributed by atoms with E-state index >= 15 is 0 Å². The molecule has 1 amide bonds. The molecule has 1 aromatic heterocycles. The molecule has 0 atom stereocenters. The summed E-state index contributed by atoms with van der Waals surface area (Å²) in [5, 5.41) is 2.87. The zero-order valence-electron chi connectivity index (χ0n) is 15.8. The number of rotatable bonds is 5. The third kappa shape index (κ3) is 4.29. The van der Waals surface area contributed by atoms with Gasteiger partial charge in [0.15, 0.2) is 0 Å². The molecule has 25 heavy (non-hydrogen) atoms. The zero-order chi connectivity index (χ0) is 18.6. The third-order valence-corrected chi connectivity index (χ3v) is 3.93. The van der Waals surface area contributed by atoms with Crippen LogP contribution in [0.4, 0.5) is 5.82 Å². The number of amides is 1. The summed E-state index contributed by atoms with van der Waals surface area (Å²) < 4.78 is 10.9. The number of nitrogens with zero attached hydrogens (tertiary/aromatic N) is 1. The van der Waals surface area contributed by atoms with Gasteiger partial charge in [-0.25, -0.2) is 4.98 Å². The molecule has 0 radical (unpaired) electrons. The van der Waals surface area contributed by atoms with Gasteiger partial charge in [-0.15, -0.1) is 0 Å². The minimum absolute atomic E-state index is 0.0758. The fraction of sp³-hybridized carbons (Fsp3) is 0.400. The van der Waals surface area contributed by atoms with E-state index in [2.05, 4.69) is 17.2 Å². The molecule has 0 unspecified atom stereocenters. The Morgan fingerprint density at radius 1 is 1.12 bits per heavy atom. The van der Waals surface area contributed by atoms with Crippen molar-refractivity contribution in [1.82, 2.24) is 4.98 Å². The van der Waals surface area contributed by atoms with Crippen molar-refractivity contribution >= 4 is 11.7 Å². The van der Waals surface area contributed by atoms with Gasteiger partial charge in [-0.05, 0) is 30.2 Å². The first-order valence-corrected chi connectivity index (χ1v) is 8.34. The summed E-state index contributed by atoms with van der Waals surface area (Å²) in [6, 6.07) is 9.45. The number of methoxy groups -OCH3 is 2. The van der Waals surface area contributed by atoms with Crippen molar-refractivity contribution in [2.45, 2.75) is 34.1 Å². The number of aryl methyl sites for hydroxylation is 1. The second-order valence-corrected chi connectivity index (χ2v) is 6.83. The second kappa shape index (κ2) is 7.55. The van der Waals surface area contributed by atoms with Crippen LogP contribution in [0.15, 0.2) is 30.3 Å². The lowest BCUT2D eigenvalue weighted by Gasteiger charge is -2.18. The van der Waals surface area contributed by atoms with E-state index in [0.717, 1.165) is 29.0 Å². The quantitative estimate of drug-likeness (QED) is 0.879. The Morgan fingerprint density at radius 2 is 1.80 bits per heavy atom. The van der Waals surface area contributed by atoms with Gasteiger partial charge in [0.25, 0.3) is 0 Å². The summed E-state index contributed by atoms with van der Waals surface area (Å²) in [5.74, 6) is 1.92. The van der Waals surface area contributed by atoms with E-state index in [-0.39, 0.29) is 5.91 Å². The monoisotopic (exact) mass is 342 g/mol. The molecule has 1 N–H and O–H groups in total. The average molecular weight is 342 g/mol. The van der Waals surface area contributed by atoms with Gasteiger partial charge in [-0.2, -0.15) is 0 Å². The summed E-state index contributed by atoms with van der Waals surface area (Å²) in [5.41, 5.74) is 2.20.